The number of alkyl halides is 3. The van der Waals surface area contributed by atoms with Crippen LogP contribution in [0, 0.1) is 0 Å². The zero-order valence-corrected chi connectivity index (χ0v) is 21.7. The van der Waals surface area contributed by atoms with E-state index in [9.17, 15) is 39.6 Å². The molecule has 2 N–H and O–H groups in total. The summed E-state index contributed by atoms with van der Waals surface area (Å²) in [5.74, 6) is -1.37. The van der Waals surface area contributed by atoms with Crippen molar-refractivity contribution >= 4 is 50.1 Å². The lowest BCUT2D eigenvalue weighted by Gasteiger charge is -2.36. The fraction of sp³-hybridized carbons (Fsp3) is 0.174. The third-order valence-electron chi connectivity index (χ3n) is 5.56. The summed E-state index contributed by atoms with van der Waals surface area (Å²) in [6, 6.07) is 10.7. The van der Waals surface area contributed by atoms with E-state index in [1.54, 1.807) is 0 Å². The minimum Gasteiger partial charge on any atom is -0.486 e. The largest absolute Gasteiger partial charge is 0.486 e. The minimum absolute atomic E-state index is 0.0710. The van der Waals surface area contributed by atoms with E-state index in [-0.39, 0.29) is 22.9 Å². The fourth-order valence-electron chi connectivity index (χ4n) is 3.87. The lowest BCUT2D eigenvalue weighted by Crippen LogP contribution is -2.46. The summed E-state index contributed by atoms with van der Waals surface area (Å²) in [5.41, 5.74) is -1.51. The van der Waals surface area contributed by atoms with Gasteiger partial charge in [0.25, 0.3) is 10.0 Å². The van der Waals surface area contributed by atoms with Crippen LogP contribution in [-0.2, 0) is 31.9 Å². The number of carboxylic acid groups (broad SMARTS) is 1. The van der Waals surface area contributed by atoms with Gasteiger partial charge in [-0.05, 0) is 48.5 Å². The first kappa shape index (κ1) is 28.6. The van der Waals surface area contributed by atoms with E-state index in [1.807, 2.05) is 5.32 Å². The Labute approximate surface area is 226 Å². The number of anilines is 3. The molecule has 12 nitrogen and oxygen atoms in total. The van der Waals surface area contributed by atoms with Crippen LogP contribution in [0.1, 0.15) is 12.0 Å². The molecule has 2 amide bonds. The van der Waals surface area contributed by atoms with Crippen LogP contribution in [0.25, 0.3) is 0 Å². The van der Waals surface area contributed by atoms with Crippen molar-refractivity contribution in [1.82, 2.24) is 4.98 Å². The van der Waals surface area contributed by atoms with Crippen LogP contribution in [0.5, 0.6) is 5.75 Å². The van der Waals surface area contributed by atoms with Crippen LogP contribution >= 0.6 is 0 Å². The highest BCUT2D eigenvalue weighted by Gasteiger charge is 2.38. The molecule has 40 heavy (non-hydrogen) atoms. The number of carbonyl (C=O) groups excluding carboxylic acids is 1. The van der Waals surface area contributed by atoms with E-state index in [1.165, 1.54) is 36.5 Å². The Bertz CT molecular complexity index is 1620. The number of nitrogens with one attached hydrogen (secondary N) is 1. The average molecular weight is 601 g/mol. The summed E-state index contributed by atoms with van der Waals surface area (Å²) in [4.78, 5) is 27.2. The van der Waals surface area contributed by atoms with Crippen molar-refractivity contribution in [3.05, 3.63) is 72.4 Å². The summed E-state index contributed by atoms with van der Waals surface area (Å²) >= 11 is 0. The minimum atomic E-state index is -4.84. The van der Waals surface area contributed by atoms with E-state index >= 15 is 0 Å². The Morgan fingerprint density at radius 1 is 1.12 bits per heavy atom. The van der Waals surface area contributed by atoms with Gasteiger partial charge in [-0.2, -0.15) is 17.5 Å². The second-order valence-corrected chi connectivity index (χ2v) is 11.0. The van der Waals surface area contributed by atoms with Gasteiger partial charge >= 0.3 is 12.3 Å². The molecule has 0 saturated carbocycles. The molecule has 1 aliphatic heterocycles. The number of benzene rings is 2. The maximum Gasteiger partial charge on any atom is 0.416 e. The molecule has 0 spiro atoms. The van der Waals surface area contributed by atoms with Crippen LogP contribution in [-0.4, -0.2) is 51.6 Å². The molecule has 0 saturated heterocycles. The first-order valence-electron chi connectivity index (χ1n) is 11.2. The number of fused-ring (bicyclic) bond motifs is 1. The SMILES string of the molecule is O=C(O)Nc1ccc2c(c1)N(S(=O)(=O)c1cccc(C(F)(F)F)c1)CC(CC(=O)N(c1ccccn1)[SH](=O)=O)O2. The summed E-state index contributed by atoms with van der Waals surface area (Å²) in [7, 11) is -8.23. The highest BCUT2D eigenvalue weighted by Crippen LogP contribution is 2.40. The predicted molar refractivity (Wildman–Crippen MR) is 135 cm³/mol. The Morgan fingerprint density at radius 3 is 2.50 bits per heavy atom. The molecule has 4 rings (SSSR count). The Balaban J connectivity index is 1.74. The van der Waals surface area contributed by atoms with Gasteiger partial charge in [-0.15, -0.1) is 0 Å². The number of rotatable bonds is 7. The highest BCUT2D eigenvalue weighted by molar-refractivity contribution is 7.92. The van der Waals surface area contributed by atoms with Crippen LogP contribution in [0.4, 0.5) is 35.2 Å². The Kier molecular flexibility index (Phi) is 7.88. The van der Waals surface area contributed by atoms with Gasteiger partial charge in [-0.1, -0.05) is 12.1 Å². The lowest BCUT2D eigenvalue weighted by molar-refractivity contribution is -0.137. The number of aromatic nitrogens is 1. The van der Waals surface area contributed by atoms with E-state index in [0.29, 0.717) is 20.7 Å². The van der Waals surface area contributed by atoms with E-state index < -0.39 is 68.6 Å². The number of hydrogen-bond donors (Lipinski definition) is 3. The number of amides is 2. The molecule has 1 unspecified atom stereocenters. The van der Waals surface area contributed by atoms with Crippen molar-refractivity contribution in [2.75, 3.05) is 20.5 Å². The summed E-state index contributed by atoms with van der Waals surface area (Å²) < 4.78 is 97.6. The number of hydrogen-bond acceptors (Lipinski definition) is 8. The predicted octanol–water partition coefficient (Wildman–Crippen LogP) is 3.10. The standard InChI is InChI=1S/C23H19F3N4O8S2/c24-23(25,26)14-4-3-5-17(10-14)40(36,37)29-13-16(38-19-8-7-15(11-18(19)29)28-22(32)33)12-21(31)30(39(34)35)20-6-1-2-9-27-20/h1-11,16,28,39H,12-13H2,(H,32,33). The quantitative estimate of drug-likeness (QED) is 0.346. The molecular weight excluding hydrogens is 581 g/mol. The zero-order chi connectivity index (χ0) is 29.2. The molecule has 2 aromatic carbocycles. The molecule has 212 valence electrons. The van der Waals surface area contributed by atoms with Crippen molar-refractivity contribution in [3.8, 4) is 5.75 Å². The molecule has 1 aliphatic rings. The number of nitrogens with zero attached hydrogens (tertiary/aromatic N) is 3. The molecule has 1 aromatic heterocycles. The molecular formula is C23H19F3N4O8S2. The van der Waals surface area contributed by atoms with Gasteiger partial charge in [-0.3, -0.25) is 14.4 Å². The number of ether oxygens (including phenoxy) is 1. The van der Waals surface area contributed by atoms with Crippen molar-refractivity contribution in [2.24, 2.45) is 0 Å². The van der Waals surface area contributed by atoms with Gasteiger partial charge in [0.05, 0.1) is 29.1 Å². The fourth-order valence-corrected chi connectivity index (χ4v) is 5.96. The van der Waals surface area contributed by atoms with Crippen molar-refractivity contribution < 1.29 is 49.4 Å². The summed E-state index contributed by atoms with van der Waals surface area (Å²) in [5, 5.41) is 11.1. The summed E-state index contributed by atoms with van der Waals surface area (Å²) in [6.45, 7) is -0.625. The van der Waals surface area contributed by atoms with E-state index in [2.05, 4.69) is 4.98 Å². The smallest absolute Gasteiger partial charge is 0.416 e. The van der Waals surface area contributed by atoms with Crippen LogP contribution in [0.3, 0.4) is 0 Å². The number of carbonyl (C=O) groups is 2. The molecule has 1 atom stereocenters. The first-order valence-corrected chi connectivity index (χ1v) is 13.7. The molecule has 17 heteroatoms. The van der Waals surface area contributed by atoms with Gasteiger partial charge in [-0.25, -0.2) is 26.6 Å². The molecule has 3 aromatic rings. The third kappa shape index (κ3) is 6.09. The second kappa shape index (κ2) is 11.0. The maximum atomic E-state index is 13.6. The normalized spacial score (nSPS) is 15.2. The number of halogens is 3. The van der Waals surface area contributed by atoms with E-state index in [0.717, 1.165) is 18.2 Å². The van der Waals surface area contributed by atoms with Crippen molar-refractivity contribution in [1.29, 1.82) is 0 Å². The first-order chi connectivity index (χ1) is 18.8. The molecule has 0 aliphatic carbocycles. The molecule has 2 heterocycles. The molecule has 0 fully saturated rings. The van der Waals surface area contributed by atoms with Gasteiger partial charge in [0.1, 0.15) is 17.7 Å². The average Bonchev–Trinajstić information content (AvgIpc) is 2.88. The summed E-state index contributed by atoms with van der Waals surface area (Å²) in [6.07, 6.45) is -7.00. The lowest BCUT2D eigenvalue weighted by atomic mass is 10.1. The third-order valence-corrected chi connectivity index (χ3v) is 8.09. The molecule has 0 radical (unpaired) electrons. The molecule has 0 bridgehead atoms. The van der Waals surface area contributed by atoms with Gasteiger partial charge < -0.3 is 9.84 Å². The monoisotopic (exact) mass is 600 g/mol. The van der Waals surface area contributed by atoms with Crippen molar-refractivity contribution in [3.63, 3.8) is 0 Å². The second-order valence-electron chi connectivity index (χ2n) is 8.25. The van der Waals surface area contributed by atoms with Crippen LogP contribution in [0.15, 0.2) is 71.8 Å². The van der Waals surface area contributed by atoms with Crippen molar-refractivity contribution in [2.45, 2.75) is 23.6 Å². The van der Waals surface area contributed by atoms with E-state index in [4.69, 9.17) is 9.84 Å². The topological polar surface area (TPSA) is 163 Å². The van der Waals surface area contributed by atoms with Crippen LogP contribution in [0.2, 0.25) is 0 Å². The number of pyridine rings is 1. The van der Waals surface area contributed by atoms with Gasteiger partial charge in [0.15, 0.2) is 0 Å². The highest BCUT2D eigenvalue weighted by atomic mass is 32.2. The van der Waals surface area contributed by atoms with Gasteiger partial charge in [0, 0.05) is 11.9 Å². The number of sulfonamides is 1. The Morgan fingerprint density at radius 2 is 1.88 bits per heavy atom. The number of thiol groups is 1. The maximum absolute atomic E-state index is 13.6. The Hall–Kier alpha value is -4.38. The van der Waals surface area contributed by atoms with Gasteiger partial charge in [0.2, 0.25) is 16.8 Å². The van der Waals surface area contributed by atoms with Crippen LogP contribution < -0.4 is 18.7 Å². The zero-order valence-electron chi connectivity index (χ0n) is 20.0.